The van der Waals surface area contributed by atoms with Crippen LogP contribution in [0.5, 0.6) is 0 Å². The topological polar surface area (TPSA) is 33.5 Å². The third-order valence-electron chi connectivity index (χ3n) is 6.92. The minimum atomic E-state index is -0.254. The number of amides is 1. The molecule has 1 aliphatic heterocycles. The van der Waals surface area contributed by atoms with Gasteiger partial charge in [-0.2, -0.15) is 0 Å². The first kappa shape index (κ1) is 22.5. The molecule has 1 aromatic carbocycles. The van der Waals surface area contributed by atoms with Crippen LogP contribution in [0.2, 0.25) is 0 Å². The van der Waals surface area contributed by atoms with E-state index in [1.54, 1.807) is 0 Å². The first-order valence-corrected chi connectivity index (χ1v) is 10.1. The molecule has 3 rings (SSSR count). The molecule has 0 bridgehead atoms. The number of rotatable bonds is 4. The van der Waals surface area contributed by atoms with Gasteiger partial charge in [-0.25, -0.2) is 4.85 Å². The quantitative estimate of drug-likeness (QED) is 0.509. The van der Waals surface area contributed by atoms with Gasteiger partial charge in [0.25, 0.3) is 5.91 Å². The Kier molecular flexibility index (Phi) is 7.65. The van der Waals surface area contributed by atoms with E-state index in [1.165, 1.54) is 25.7 Å². The Labute approximate surface area is 189 Å². The van der Waals surface area contributed by atoms with Crippen LogP contribution < -0.4 is 5.32 Å². The van der Waals surface area contributed by atoms with Crippen molar-refractivity contribution in [2.75, 3.05) is 25.0 Å². The molecule has 0 unspecified atom stereocenters. The van der Waals surface area contributed by atoms with Gasteiger partial charge in [0.15, 0.2) is 11.2 Å². The van der Waals surface area contributed by atoms with Crippen LogP contribution in [0, 0.1) is 20.4 Å². The molecule has 5 heteroatoms. The Hall–Kier alpha value is -0.756. The molecule has 2 fully saturated rings. The van der Waals surface area contributed by atoms with Gasteiger partial charge in [-0.1, -0.05) is 12.1 Å². The molecule has 0 aromatic heterocycles. The van der Waals surface area contributed by atoms with Crippen molar-refractivity contribution in [3.63, 3.8) is 0 Å². The van der Waals surface area contributed by atoms with Gasteiger partial charge in [-0.15, -0.1) is 0 Å². The maximum atomic E-state index is 13.6. The van der Waals surface area contributed by atoms with Crippen LogP contribution in [0.4, 0.5) is 11.4 Å². The zero-order valence-corrected chi connectivity index (χ0v) is 19.9. The molecule has 0 atom stereocenters. The van der Waals surface area contributed by atoms with Crippen molar-refractivity contribution >= 4 is 17.3 Å². The number of hydrogen-bond acceptors (Lipinski definition) is 1. The fourth-order valence-electron chi connectivity index (χ4n) is 5.20. The summed E-state index contributed by atoms with van der Waals surface area (Å²) >= 11 is 0. The predicted molar refractivity (Wildman–Crippen MR) is 106 cm³/mol. The fourth-order valence-corrected chi connectivity index (χ4v) is 5.20. The third kappa shape index (κ3) is 4.02. The molecule has 27 heavy (non-hydrogen) atoms. The summed E-state index contributed by atoms with van der Waals surface area (Å²) in [6.45, 7) is 16.8. The monoisotopic (exact) mass is 443 g/mol. The molecule has 1 N–H and O–H groups in total. The average molecular weight is 443 g/mol. The van der Waals surface area contributed by atoms with Crippen LogP contribution in [-0.2, 0) is 37.5 Å². The predicted octanol–water partition coefficient (Wildman–Crippen LogP) is 5.12. The zero-order chi connectivity index (χ0) is 18.8. The first-order chi connectivity index (χ1) is 12.5. The molecule has 1 aliphatic carbocycles. The summed E-state index contributed by atoms with van der Waals surface area (Å²) in [6.07, 6.45) is 8.24. The van der Waals surface area contributed by atoms with Crippen molar-refractivity contribution < 1.29 is 42.0 Å². The number of likely N-dealkylation sites (N-methyl/N-ethyl adjacent to an activating group) is 1. The second kappa shape index (κ2) is 9.16. The number of likely N-dealkylation sites (tertiary alicyclic amines) is 1. The van der Waals surface area contributed by atoms with Gasteiger partial charge < -0.3 is 9.80 Å². The summed E-state index contributed by atoms with van der Waals surface area (Å²) in [5.41, 5.74) is 3.25. The van der Waals surface area contributed by atoms with Gasteiger partial charge in [0, 0.05) is 51.2 Å². The van der Waals surface area contributed by atoms with Gasteiger partial charge >= 0.3 is 0 Å². The first-order valence-electron chi connectivity index (χ1n) is 10.1. The second-order valence-electron chi connectivity index (χ2n) is 8.23. The van der Waals surface area contributed by atoms with Crippen molar-refractivity contribution in [3.05, 3.63) is 34.7 Å². The van der Waals surface area contributed by atoms with E-state index < -0.39 is 0 Å². The summed E-state index contributed by atoms with van der Waals surface area (Å²) in [5.74, 6) is 0.203. The van der Waals surface area contributed by atoms with Crippen molar-refractivity contribution in [3.8, 4) is 0 Å². The molecular formula is C22H32N3OY+. The van der Waals surface area contributed by atoms with E-state index >= 15 is 0 Å². The Morgan fingerprint density at radius 3 is 2.07 bits per heavy atom. The number of nitrogens with zero attached hydrogens (tertiary/aromatic N) is 2. The Balaban J connectivity index is 0.00000261. The number of nitrogens with one attached hydrogen (secondary N) is 1. The zero-order valence-electron chi connectivity index (χ0n) is 17.1. The van der Waals surface area contributed by atoms with Crippen LogP contribution >= 0.6 is 0 Å². The molecule has 1 amide bonds. The normalized spacial score (nSPS) is 20.4. The van der Waals surface area contributed by atoms with E-state index in [9.17, 15) is 4.79 Å². The average Bonchev–Trinajstić information content (AvgIpc) is 2.83. The van der Waals surface area contributed by atoms with E-state index in [1.807, 2.05) is 26.0 Å². The summed E-state index contributed by atoms with van der Waals surface area (Å²) in [6, 6.07) is 3.75. The van der Waals surface area contributed by atoms with Crippen LogP contribution in [0.3, 0.4) is 0 Å². The number of benzene rings is 1. The van der Waals surface area contributed by atoms with Crippen LogP contribution in [0.1, 0.15) is 63.0 Å². The van der Waals surface area contributed by atoms with Crippen LogP contribution in [-0.4, -0.2) is 35.6 Å². The minimum Gasteiger partial charge on any atom is -0.320 e. The molecule has 4 nitrogen and oxygen atoms in total. The van der Waals surface area contributed by atoms with E-state index in [4.69, 9.17) is 6.57 Å². The summed E-state index contributed by atoms with van der Waals surface area (Å²) < 4.78 is 0.969. The summed E-state index contributed by atoms with van der Waals surface area (Å²) in [5, 5.41) is 3.29. The number of carbonyl (C=O) groups excluding carboxylic acids is 1. The second-order valence-corrected chi connectivity index (χ2v) is 8.23. The summed E-state index contributed by atoms with van der Waals surface area (Å²) in [4.78, 5) is 17.1. The van der Waals surface area contributed by atoms with Gasteiger partial charge in [-0.05, 0) is 64.0 Å². The SMILES string of the molecule is [C-]#[N+]c1cc(C)c(NC(=O)C2([N+]3(CC)CCCCCC3)CCC2)c(C)c1.[Y]. The van der Waals surface area contributed by atoms with E-state index in [2.05, 4.69) is 17.1 Å². The van der Waals surface area contributed by atoms with Gasteiger partial charge in [-0.3, -0.25) is 4.79 Å². The Bertz CT molecular complexity index is 703. The maximum absolute atomic E-state index is 13.6. The van der Waals surface area contributed by atoms with Crippen LogP contribution in [0.25, 0.3) is 4.85 Å². The smallest absolute Gasteiger partial charge is 0.285 e. The van der Waals surface area contributed by atoms with Crippen molar-refractivity contribution in [2.45, 2.75) is 71.3 Å². The molecule has 0 spiro atoms. The Morgan fingerprint density at radius 2 is 1.67 bits per heavy atom. The number of carbonyl (C=O) groups is 1. The number of aryl methyl sites for hydroxylation is 2. The van der Waals surface area contributed by atoms with Gasteiger partial charge in [0.2, 0.25) is 0 Å². The van der Waals surface area contributed by atoms with Crippen molar-refractivity contribution in [2.24, 2.45) is 0 Å². The summed E-state index contributed by atoms with van der Waals surface area (Å²) in [7, 11) is 0. The molecule has 143 valence electrons. The van der Waals surface area contributed by atoms with Gasteiger partial charge in [0.05, 0.1) is 26.2 Å². The van der Waals surface area contributed by atoms with Gasteiger partial charge in [0.1, 0.15) is 0 Å². The molecule has 1 saturated heterocycles. The number of hydrogen-bond donors (Lipinski definition) is 1. The van der Waals surface area contributed by atoms with E-state index in [-0.39, 0.29) is 44.2 Å². The van der Waals surface area contributed by atoms with Crippen LogP contribution in [0.15, 0.2) is 12.1 Å². The Morgan fingerprint density at radius 1 is 1.11 bits per heavy atom. The molecule has 1 heterocycles. The largest absolute Gasteiger partial charge is 0.320 e. The molecule has 1 saturated carbocycles. The minimum absolute atomic E-state index is 0. The number of quaternary nitrogens is 1. The van der Waals surface area contributed by atoms with E-state index in [0.29, 0.717) is 5.69 Å². The molecule has 1 aromatic rings. The molecule has 2 aliphatic rings. The molecular weight excluding hydrogens is 411 g/mol. The maximum Gasteiger partial charge on any atom is 0.285 e. The third-order valence-corrected chi connectivity index (χ3v) is 6.92. The fraction of sp³-hybridized carbons (Fsp3) is 0.636. The standard InChI is InChI=1S/C22H31N3O.Y/c1-5-25(13-8-6-7-9-14-25)22(11-10-12-22)21(26)24-20-17(2)15-19(23-4)16-18(20)3;/h15-16H,5-14H2,1-3H3;/p+1. The number of anilines is 1. The molecule has 1 radical (unpaired) electrons. The van der Waals surface area contributed by atoms with Crippen molar-refractivity contribution in [1.82, 2.24) is 0 Å². The van der Waals surface area contributed by atoms with E-state index in [0.717, 1.165) is 60.2 Å². The van der Waals surface area contributed by atoms with Crippen molar-refractivity contribution in [1.29, 1.82) is 0 Å².